The Morgan fingerprint density at radius 1 is 0.903 bits per heavy atom. The number of aryl methyl sites for hydroxylation is 1. The van der Waals surface area contributed by atoms with Gasteiger partial charge in [-0.1, -0.05) is 24.3 Å². The van der Waals surface area contributed by atoms with Gasteiger partial charge >= 0.3 is 6.03 Å². The van der Waals surface area contributed by atoms with Crippen molar-refractivity contribution in [2.75, 3.05) is 26.7 Å². The normalized spacial score (nSPS) is 19.5. The van der Waals surface area contributed by atoms with E-state index >= 15 is 0 Å². The summed E-state index contributed by atoms with van der Waals surface area (Å²) in [6.07, 6.45) is 1.40. The Labute approximate surface area is 183 Å². The molecular formula is C25H30N4O2. The number of para-hydroxylation sites is 1. The minimum absolute atomic E-state index is 0.0344. The molecule has 0 aliphatic carbocycles. The molecule has 1 aromatic heterocycles. The third kappa shape index (κ3) is 2.88. The Kier molecular flexibility index (Phi) is 4.77. The third-order valence-electron chi connectivity index (χ3n) is 7.30. The number of imide groups is 1. The van der Waals surface area contributed by atoms with E-state index < -0.39 is 5.54 Å². The fourth-order valence-corrected chi connectivity index (χ4v) is 5.68. The smallest absolute Gasteiger partial charge is 0.327 e. The minimum atomic E-state index is -0.643. The number of hydrogen-bond acceptors (Lipinski definition) is 3. The van der Waals surface area contributed by atoms with E-state index in [1.165, 1.54) is 32.3 Å². The molecule has 2 aliphatic rings. The summed E-state index contributed by atoms with van der Waals surface area (Å²) in [6.45, 7) is 8.17. The molecule has 2 saturated heterocycles. The molecule has 2 aliphatic heterocycles. The second kappa shape index (κ2) is 7.38. The lowest BCUT2D eigenvalue weighted by Crippen LogP contribution is -2.56. The highest BCUT2D eigenvalue weighted by molar-refractivity contribution is 6.08. The van der Waals surface area contributed by atoms with E-state index in [2.05, 4.69) is 58.9 Å². The molecule has 0 saturated carbocycles. The zero-order chi connectivity index (χ0) is 21.8. The van der Waals surface area contributed by atoms with E-state index in [1.807, 2.05) is 6.92 Å². The molecule has 3 amide bonds. The number of carbonyl (C=O) groups excluding carboxylic acids is 2. The van der Waals surface area contributed by atoms with Crippen LogP contribution in [0.4, 0.5) is 4.79 Å². The molecule has 0 radical (unpaired) electrons. The molecule has 162 valence electrons. The van der Waals surface area contributed by atoms with Gasteiger partial charge in [-0.15, -0.1) is 0 Å². The summed E-state index contributed by atoms with van der Waals surface area (Å²) in [7, 11) is 1.61. The quantitative estimate of drug-likeness (QED) is 0.601. The molecule has 31 heavy (non-hydrogen) atoms. The molecule has 0 atom stereocenters. The number of urea groups is 1. The number of carbonyl (C=O) groups is 2. The number of nitrogens with zero attached hydrogens (tertiary/aromatic N) is 4. The average Bonchev–Trinajstić information content (AvgIpc) is 3.20. The maximum atomic E-state index is 12.9. The molecule has 1 spiro atoms. The van der Waals surface area contributed by atoms with Gasteiger partial charge in [0.25, 0.3) is 5.91 Å². The van der Waals surface area contributed by atoms with Gasteiger partial charge in [0.2, 0.25) is 0 Å². The second-order valence-corrected chi connectivity index (χ2v) is 8.81. The minimum Gasteiger partial charge on any atom is -0.341 e. The van der Waals surface area contributed by atoms with E-state index in [0.29, 0.717) is 19.4 Å². The highest BCUT2D eigenvalue weighted by Crippen LogP contribution is 2.37. The Bertz CT molecular complexity index is 1170. The number of rotatable bonds is 4. The van der Waals surface area contributed by atoms with Crippen molar-refractivity contribution in [3.63, 3.8) is 0 Å². The van der Waals surface area contributed by atoms with Crippen molar-refractivity contribution in [2.24, 2.45) is 0 Å². The fourth-order valence-electron chi connectivity index (χ4n) is 5.68. The number of likely N-dealkylation sites (tertiary alicyclic amines) is 1. The molecule has 3 aromatic rings. The maximum absolute atomic E-state index is 12.9. The lowest BCUT2D eigenvalue weighted by Gasteiger charge is -2.42. The summed E-state index contributed by atoms with van der Waals surface area (Å²) in [6, 6.07) is 15.2. The van der Waals surface area contributed by atoms with Crippen LogP contribution in [-0.2, 0) is 17.9 Å². The molecular weight excluding hydrogens is 388 g/mol. The first kappa shape index (κ1) is 20.1. The molecule has 2 aromatic carbocycles. The van der Waals surface area contributed by atoms with Gasteiger partial charge in [-0.2, -0.15) is 0 Å². The monoisotopic (exact) mass is 418 g/mol. The topological polar surface area (TPSA) is 48.8 Å². The first-order valence-electron chi connectivity index (χ1n) is 11.3. The molecule has 3 heterocycles. The van der Waals surface area contributed by atoms with Crippen molar-refractivity contribution >= 4 is 33.7 Å². The van der Waals surface area contributed by atoms with Gasteiger partial charge in [-0.3, -0.25) is 14.6 Å². The standard InChI is InChI=1S/C25H30N4O2/c1-4-28-21-9-7-6-8-19(21)20-16-18(10-11-22(20)28)17-27-14-12-25(13-15-27)23(30)26(3)24(31)29(25)5-2/h6-11,16H,4-5,12-15,17H2,1-3H3. The van der Waals surface area contributed by atoms with Crippen molar-refractivity contribution in [3.05, 3.63) is 48.0 Å². The van der Waals surface area contributed by atoms with E-state index in [-0.39, 0.29) is 11.9 Å². The van der Waals surface area contributed by atoms with E-state index in [0.717, 1.165) is 26.2 Å². The van der Waals surface area contributed by atoms with Gasteiger partial charge in [-0.05, 0) is 50.5 Å². The molecule has 0 bridgehead atoms. The summed E-state index contributed by atoms with van der Waals surface area (Å²) in [4.78, 5) is 30.8. The molecule has 0 N–H and O–H groups in total. The summed E-state index contributed by atoms with van der Waals surface area (Å²) < 4.78 is 2.37. The van der Waals surface area contributed by atoms with Crippen LogP contribution in [0.3, 0.4) is 0 Å². The van der Waals surface area contributed by atoms with Crippen LogP contribution in [0.25, 0.3) is 21.8 Å². The summed E-state index contributed by atoms with van der Waals surface area (Å²) in [5.74, 6) is -0.0344. The van der Waals surface area contributed by atoms with Crippen LogP contribution < -0.4 is 0 Å². The van der Waals surface area contributed by atoms with Crippen LogP contribution >= 0.6 is 0 Å². The Hall–Kier alpha value is -2.86. The lowest BCUT2D eigenvalue weighted by molar-refractivity contribution is -0.134. The van der Waals surface area contributed by atoms with E-state index in [4.69, 9.17) is 0 Å². The van der Waals surface area contributed by atoms with Gasteiger partial charge in [0.05, 0.1) is 0 Å². The lowest BCUT2D eigenvalue weighted by atomic mass is 9.85. The van der Waals surface area contributed by atoms with Gasteiger partial charge in [0.1, 0.15) is 5.54 Å². The van der Waals surface area contributed by atoms with Crippen LogP contribution in [0.5, 0.6) is 0 Å². The number of likely N-dealkylation sites (N-methyl/N-ethyl adjacent to an activating group) is 2. The first-order valence-corrected chi connectivity index (χ1v) is 11.3. The molecule has 0 unspecified atom stereocenters. The third-order valence-corrected chi connectivity index (χ3v) is 7.30. The SMILES string of the molecule is CCN1C(=O)N(C)C(=O)C12CCN(Cc1ccc3c(c1)c1ccccc1n3CC)CC2. The van der Waals surface area contributed by atoms with Crippen LogP contribution in [0.2, 0.25) is 0 Å². The highest BCUT2D eigenvalue weighted by atomic mass is 16.2. The number of aromatic nitrogens is 1. The average molecular weight is 419 g/mol. The number of piperidine rings is 1. The van der Waals surface area contributed by atoms with E-state index in [1.54, 1.807) is 11.9 Å². The van der Waals surface area contributed by atoms with Crippen molar-refractivity contribution in [2.45, 2.75) is 45.3 Å². The number of benzene rings is 2. The largest absolute Gasteiger partial charge is 0.341 e. The van der Waals surface area contributed by atoms with Crippen LogP contribution in [0.15, 0.2) is 42.5 Å². The van der Waals surface area contributed by atoms with Gasteiger partial charge < -0.3 is 9.47 Å². The predicted octanol–water partition coefficient (Wildman–Crippen LogP) is 4.06. The number of hydrogen-bond donors (Lipinski definition) is 0. The highest BCUT2D eigenvalue weighted by Gasteiger charge is 2.56. The number of fused-ring (bicyclic) bond motifs is 3. The number of amides is 3. The van der Waals surface area contributed by atoms with E-state index in [9.17, 15) is 9.59 Å². The van der Waals surface area contributed by atoms with Crippen molar-refractivity contribution < 1.29 is 9.59 Å². The van der Waals surface area contributed by atoms with Gasteiger partial charge in [0.15, 0.2) is 0 Å². The zero-order valence-electron chi connectivity index (χ0n) is 18.6. The molecule has 6 heteroatoms. The fraction of sp³-hybridized carbons (Fsp3) is 0.440. The Morgan fingerprint density at radius 3 is 2.32 bits per heavy atom. The van der Waals surface area contributed by atoms with Crippen molar-refractivity contribution in [3.8, 4) is 0 Å². The van der Waals surface area contributed by atoms with Crippen LogP contribution in [0, 0.1) is 0 Å². The molecule has 6 nitrogen and oxygen atoms in total. The molecule has 5 rings (SSSR count). The first-order chi connectivity index (χ1) is 15.0. The molecule has 2 fully saturated rings. The summed E-state index contributed by atoms with van der Waals surface area (Å²) in [5, 5.41) is 2.61. The van der Waals surface area contributed by atoms with Crippen LogP contribution in [0.1, 0.15) is 32.3 Å². The Morgan fingerprint density at radius 2 is 1.61 bits per heavy atom. The van der Waals surface area contributed by atoms with Crippen LogP contribution in [-0.4, -0.2) is 63.4 Å². The van der Waals surface area contributed by atoms with Gasteiger partial charge in [0, 0.05) is 61.6 Å². The predicted molar refractivity (Wildman–Crippen MR) is 123 cm³/mol. The van der Waals surface area contributed by atoms with Crippen molar-refractivity contribution in [1.29, 1.82) is 0 Å². The summed E-state index contributed by atoms with van der Waals surface area (Å²) >= 11 is 0. The Balaban J connectivity index is 1.38. The summed E-state index contributed by atoms with van der Waals surface area (Å²) in [5.41, 5.74) is 3.21. The maximum Gasteiger partial charge on any atom is 0.327 e. The van der Waals surface area contributed by atoms with Crippen molar-refractivity contribution in [1.82, 2.24) is 19.3 Å². The zero-order valence-corrected chi connectivity index (χ0v) is 18.6. The van der Waals surface area contributed by atoms with Gasteiger partial charge in [-0.25, -0.2) is 4.79 Å². The second-order valence-electron chi connectivity index (χ2n) is 8.81.